The van der Waals surface area contributed by atoms with Crippen molar-refractivity contribution >= 4 is 17.2 Å². The molecule has 0 saturated carbocycles. The average Bonchev–Trinajstić information content (AvgIpc) is 2.90. The molecule has 1 heterocycles. The molecule has 2 rings (SSSR count). The van der Waals surface area contributed by atoms with Gasteiger partial charge in [0, 0.05) is 18.8 Å². The van der Waals surface area contributed by atoms with Crippen molar-refractivity contribution in [3.63, 3.8) is 0 Å². The highest BCUT2D eigenvalue weighted by molar-refractivity contribution is 7.09. The summed E-state index contributed by atoms with van der Waals surface area (Å²) in [6, 6.07) is 7.81. The lowest BCUT2D eigenvalue weighted by Crippen LogP contribution is -2.26. The van der Waals surface area contributed by atoms with Crippen molar-refractivity contribution in [3.8, 4) is 5.75 Å². The normalized spacial score (nSPS) is 10.4. The van der Waals surface area contributed by atoms with E-state index < -0.39 is 0 Å². The number of hydrogen-bond acceptors (Lipinski definition) is 4. The third-order valence-corrected chi connectivity index (χ3v) is 4.11. The van der Waals surface area contributed by atoms with Gasteiger partial charge >= 0.3 is 0 Å². The Labute approximate surface area is 129 Å². The van der Waals surface area contributed by atoms with Gasteiger partial charge in [-0.3, -0.25) is 4.79 Å². The van der Waals surface area contributed by atoms with Crippen LogP contribution in [0.5, 0.6) is 5.75 Å². The van der Waals surface area contributed by atoms with E-state index in [9.17, 15) is 4.79 Å². The van der Waals surface area contributed by atoms with Crippen LogP contribution >= 0.6 is 11.3 Å². The Morgan fingerprint density at radius 1 is 1.38 bits per heavy atom. The maximum absolute atomic E-state index is 12.2. The Morgan fingerprint density at radius 2 is 2.14 bits per heavy atom. The zero-order valence-electron chi connectivity index (χ0n) is 12.6. The number of para-hydroxylation sites is 1. The van der Waals surface area contributed by atoms with Crippen LogP contribution in [-0.2, 0) is 17.8 Å². The third kappa shape index (κ3) is 4.29. The number of benzene rings is 1. The maximum Gasteiger partial charge on any atom is 0.222 e. The van der Waals surface area contributed by atoms with Crippen LogP contribution in [0, 0.1) is 6.92 Å². The SMILES string of the molecule is COc1ccccc1CCC(=O)N(C)Cc1csc(C)n1. The molecule has 21 heavy (non-hydrogen) atoms. The molecule has 0 N–H and O–H groups in total. The molecule has 112 valence electrons. The number of rotatable bonds is 6. The van der Waals surface area contributed by atoms with Crippen molar-refractivity contribution in [1.29, 1.82) is 0 Å². The van der Waals surface area contributed by atoms with Gasteiger partial charge in [0.25, 0.3) is 0 Å². The van der Waals surface area contributed by atoms with Crippen LogP contribution in [0.2, 0.25) is 0 Å². The smallest absolute Gasteiger partial charge is 0.222 e. The standard InChI is InChI=1S/C16H20N2O2S/c1-12-17-14(11-21-12)10-18(2)16(19)9-8-13-6-4-5-7-15(13)20-3/h4-7,11H,8-10H2,1-3H3. The van der Waals surface area contributed by atoms with Gasteiger partial charge in [-0.25, -0.2) is 4.98 Å². The predicted octanol–water partition coefficient (Wildman–Crippen LogP) is 3.05. The van der Waals surface area contributed by atoms with Gasteiger partial charge in [-0.05, 0) is 25.0 Å². The van der Waals surface area contributed by atoms with Crippen LogP contribution in [0.4, 0.5) is 0 Å². The molecule has 1 aromatic heterocycles. The Morgan fingerprint density at radius 3 is 2.81 bits per heavy atom. The summed E-state index contributed by atoms with van der Waals surface area (Å²) in [6.45, 7) is 2.53. The van der Waals surface area contributed by atoms with E-state index in [0.717, 1.165) is 22.0 Å². The molecule has 0 radical (unpaired) electrons. The van der Waals surface area contributed by atoms with Crippen LogP contribution in [0.15, 0.2) is 29.6 Å². The van der Waals surface area contributed by atoms with Gasteiger partial charge in [0.2, 0.25) is 5.91 Å². The fourth-order valence-electron chi connectivity index (χ4n) is 2.15. The second-order valence-electron chi connectivity index (χ2n) is 4.92. The van der Waals surface area contributed by atoms with Gasteiger partial charge in [0.15, 0.2) is 0 Å². The van der Waals surface area contributed by atoms with Crippen molar-refractivity contribution in [1.82, 2.24) is 9.88 Å². The van der Waals surface area contributed by atoms with Gasteiger partial charge in [-0.15, -0.1) is 11.3 Å². The summed E-state index contributed by atoms with van der Waals surface area (Å²) in [5, 5.41) is 3.03. The second-order valence-corrected chi connectivity index (χ2v) is 5.98. The highest BCUT2D eigenvalue weighted by atomic mass is 32.1. The van der Waals surface area contributed by atoms with Crippen molar-refractivity contribution < 1.29 is 9.53 Å². The Balaban J connectivity index is 1.89. The molecule has 0 fully saturated rings. The van der Waals surface area contributed by atoms with Gasteiger partial charge in [-0.2, -0.15) is 0 Å². The molecule has 0 atom stereocenters. The molecule has 0 unspecified atom stereocenters. The lowest BCUT2D eigenvalue weighted by Gasteiger charge is -2.16. The summed E-state index contributed by atoms with van der Waals surface area (Å²) in [5.74, 6) is 0.953. The topological polar surface area (TPSA) is 42.4 Å². The Hall–Kier alpha value is -1.88. The summed E-state index contributed by atoms with van der Waals surface area (Å²) in [4.78, 5) is 18.3. The molecule has 0 aliphatic rings. The minimum atomic E-state index is 0.117. The number of thiazole rings is 1. The van der Waals surface area contributed by atoms with E-state index in [-0.39, 0.29) is 5.91 Å². The largest absolute Gasteiger partial charge is 0.496 e. The van der Waals surface area contributed by atoms with Crippen molar-refractivity contribution in [3.05, 3.63) is 45.9 Å². The van der Waals surface area contributed by atoms with E-state index in [1.54, 1.807) is 23.3 Å². The summed E-state index contributed by atoms with van der Waals surface area (Å²) in [7, 11) is 3.47. The monoisotopic (exact) mass is 304 g/mol. The molecule has 1 amide bonds. The van der Waals surface area contributed by atoms with Crippen LogP contribution < -0.4 is 4.74 Å². The quantitative estimate of drug-likeness (QED) is 0.824. The number of aryl methyl sites for hydroxylation is 2. The zero-order valence-corrected chi connectivity index (χ0v) is 13.4. The van der Waals surface area contributed by atoms with Gasteiger partial charge in [-0.1, -0.05) is 18.2 Å². The van der Waals surface area contributed by atoms with E-state index in [2.05, 4.69) is 4.98 Å². The minimum Gasteiger partial charge on any atom is -0.496 e. The maximum atomic E-state index is 12.2. The number of aromatic nitrogens is 1. The Kier molecular flexibility index (Phi) is 5.33. The molecule has 1 aromatic carbocycles. The fourth-order valence-corrected chi connectivity index (χ4v) is 2.76. The molecule has 2 aromatic rings. The first-order chi connectivity index (χ1) is 10.1. The van der Waals surface area contributed by atoms with Crippen LogP contribution in [-0.4, -0.2) is 29.9 Å². The van der Waals surface area contributed by atoms with Crippen molar-refractivity contribution in [2.45, 2.75) is 26.3 Å². The lowest BCUT2D eigenvalue weighted by molar-refractivity contribution is -0.130. The molecule has 4 nitrogen and oxygen atoms in total. The van der Waals surface area contributed by atoms with Gasteiger partial charge in [0.05, 0.1) is 24.4 Å². The Bertz CT molecular complexity index is 610. The molecule has 0 bridgehead atoms. The molecule has 5 heteroatoms. The zero-order chi connectivity index (χ0) is 15.2. The highest BCUT2D eigenvalue weighted by Crippen LogP contribution is 2.19. The number of methoxy groups -OCH3 is 1. The summed E-state index contributed by atoms with van der Waals surface area (Å²) < 4.78 is 5.30. The number of hydrogen-bond donors (Lipinski definition) is 0. The lowest BCUT2D eigenvalue weighted by atomic mass is 10.1. The fraction of sp³-hybridized carbons (Fsp3) is 0.375. The van der Waals surface area contributed by atoms with E-state index in [1.807, 2.05) is 43.6 Å². The van der Waals surface area contributed by atoms with Crippen LogP contribution in [0.25, 0.3) is 0 Å². The van der Waals surface area contributed by atoms with E-state index in [4.69, 9.17) is 4.74 Å². The molecule has 0 aliphatic carbocycles. The van der Waals surface area contributed by atoms with Crippen LogP contribution in [0.1, 0.15) is 22.7 Å². The van der Waals surface area contributed by atoms with Crippen LogP contribution in [0.3, 0.4) is 0 Å². The average molecular weight is 304 g/mol. The van der Waals surface area contributed by atoms with Crippen molar-refractivity contribution in [2.75, 3.05) is 14.2 Å². The van der Waals surface area contributed by atoms with E-state index in [1.165, 1.54) is 0 Å². The van der Waals surface area contributed by atoms with Gasteiger partial charge in [0.1, 0.15) is 5.75 Å². The first-order valence-corrected chi connectivity index (χ1v) is 7.75. The first kappa shape index (κ1) is 15.5. The summed E-state index contributed by atoms with van der Waals surface area (Å²) in [5.41, 5.74) is 2.01. The summed E-state index contributed by atoms with van der Waals surface area (Å²) in [6.07, 6.45) is 1.16. The number of nitrogens with zero attached hydrogens (tertiary/aromatic N) is 2. The van der Waals surface area contributed by atoms with Gasteiger partial charge < -0.3 is 9.64 Å². The highest BCUT2D eigenvalue weighted by Gasteiger charge is 2.12. The molecule has 0 aliphatic heterocycles. The second kappa shape index (κ2) is 7.22. The molecule has 0 spiro atoms. The predicted molar refractivity (Wildman–Crippen MR) is 84.6 cm³/mol. The molecular formula is C16H20N2O2S. The first-order valence-electron chi connectivity index (χ1n) is 6.87. The minimum absolute atomic E-state index is 0.117. The number of carbonyl (C=O) groups is 1. The molecular weight excluding hydrogens is 284 g/mol. The molecule has 0 saturated heterocycles. The summed E-state index contributed by atoms with van der Waals surface area (Å²) >= 11 is 1.61. The number of ether oxygens (including phenoxy) is 1. The van der Waals surface area contributed by atoms with E-state index >= 15 is 0 Å². The number of carbonyl (C=O) groups excluding carboxylic acids is 1. The third-order valence-electron chi connectivity index (χ3n) is 3.29. The number of amides is 1. The van der Waals surface area contributed by atoms with E-state index in [0.29, 0.717) is 19.4 Å². The van der Waals surface area contributed by atoms with Crippen molar-refractivity contribution in [2.24, 2.45) is 0 Å².